The molecule has 11 heteroatoms. The van der Waals surface area contributed by atoms with Crippen molar-refractivity contribution in [1.82, 2.24) is 4.98 Å². The van der Waals surface area contributed by atoms with Crippen LogP contribution in [0.3, 0.4) is 0 Å². The smallest absolute Gasteiger partial charge is 0.481 e. The molecule has 0 unspecified atom stereocenters. The van der Waals surface area contributed by atoms with Gasteiger partial charge in [-0.2, -0.15) is 13.2 Å². The molecule has 0 saturated carbocycles. The Bertz CT molecular complexity index is 523. The van der Waals surface area contributed by atoms with Gasteiger partial charge in [0.2, 0.25) is 0 Å². The maximum Gasteiger partial charge on any atom is 0.573 e. The topological polar surface area (TPSA) is 59.4 Å². The number of pyridine rings is 1. The normalized spacial score (nSPS) is 12.3. The third kappa shape index (κ3) is 4.24. The van der Waals surface area contributed by atoms with Gasteiger partial charge in [-0.05, 0) is 0 Å². The molecule has 112 valence electrons. The first-order valence-corrected chi connectivity index (χ1v) is 4.64. The summed E-state index contributed by atoms with van der Waals surface area (Å²) in [4.78, 5) is 12.9. The highest BCUT2D eigenvalue weighted by atomic mass is 19.4. The number of carboxylic acid groups (broad SMARTS) is 1. The third-order valence-electron chi connectivity index (χ3n) is 1.83. The van der Waals surface area contributed by atoms with E-state index in [4.69, 9.17) is 5.11 Å². The van der Waals surface area contributed by atoms with Crippen LogP contribution in [-0.2, 0) is 17.4 Å². The van der Waals surface area contributed by atoms with Crippen molar-refractivity contribution in [2.75, 3.05) is 0 Å². The molecule has 0 aromatic carbocycles. The average Bonchev–Trinajstić information content (AvgIpc) is 2.16. The zero-order chi connectivity index (χ0) is 15.7. The molecule has 0 spiro atoms. The van der Waals surface area contributed by atoms with Crippen molar-refractivity contribution < 1.29 is 45.4 Å². The summed E-state index contributed by atoms with van der Waals surface area (Å²) in [5.74, 6) is -5.31. The van der Waals surface area contributed by atoms with Crippen molar-refractivity contribution in [2.24, 2.45) is 0 Å². The SMILES string of the molecule is O=C(O)Cc1nc(C(F)(F)F)c(F)cc1OC(F)(F)F. The molecule has 0 atom stereocenters. The van der Waals surface area contributed by atoms with Crippen LogP contribution in [-0.4, -0.2) is 22.4 Å². The molecule has 0 aliphatic rings. The van der Waals surface area contributed by atoms with Crippen molar-refractivity contribution in [3.63, 3.8) is 0 Å². The molecule has 1 heterocycles. The van der Waals surface area contributed by atoms with Gasteiger partial charge in [-0.3, -0.25) is 4.79 Å². The average molecular weight is 307 g/mol. The number of aromatic nitrogens is 1. The van der Waals surface area contributed by atoms with Crippen LogP contribution < -0.4 is 4.74 Å². The number of alkyl halides is 6. The number of hydrogen-bond donors (Lipinski definition) is 1. The van der Waals surface area contributed by atoms with Crippen LogP contribution in [0.15, 0.2) is 6.07 Å². The van der Waals surface area contributed by atoms with Crippen molar-refractivity contribution in [3.05, 3.63) is 23.3 Å². The molecule has 4 nitrogen and oxygen atoms in total. The van der Waals surface area contributed by atoms with Gasteiger partial charge < -0.3 is 9.84 Å². The minimum absolute atomic E-state index is 0.207. The quantitative estimate of drug-likeness (QED) is 0.872. The first-order chi connectivity index (χ1) is 8.90. The molecule has 0 fully saturated rings. The second-order valence-corrected chi connectivity index (χ2v) is 3.38. The van der Waals surface area contributed by atoms with E-state index >= 15 is 0 Å². The summed E-state index contributed by atoms with van der Waals surface area (Å²) in [5.41, 5.74) is -3.31. The third-order valence-corrected chi connectivity index (χ3v) is 1.83. The van der Waals surface area contributed by atoms with Crippen molar-refractivity contribution in [2.45, 2.75) is 19.0 Å². The fourth-order valence-corrected chi connectivity index (χ4v) is 1.19. The highest BCUT2D eigenvalue weighted by Gasteiger charge is 2.39. The lowest BCUT2D eigenvalue weighted by Crippen LogP contribution is -2.21. The minimum Gasteiger partial charge on any atom is -0.481 e. The Morgan fingerprint density at radius 2 is 1.80 bits per heavy atom. The zero-order valence-electron chi connectivity index (χ0n) is 9.14. The Hall–Kier alpha value is -2.07. The Balaban J connectivity index is 3.36. The van der Waals surface area contributed by atoms with Gasteiger partial charge in [-0.25, -0.2) is 9.37 Å². The van der Waals surface area contributed by atoms with E-state index in [1.54, 1.807) is 0 Å². The second-order valence-electron chi connectivity index (χ2n) is 3.38. The molecule has 1 rings (SSSR count). The van der Waals surface area contributed by atoms with E-state index < -0.39 is 47.9 Å². The summed E-state index contributed by atoms with van der Waals surface area (Å²) in [6, 6.07) is -0.207. The Kier molecular flexibility index (Phi) is 4.10. The van der Waals surface area contributed by atoms with Crippen LogP contribution in [0.25, 0.3) is 0 Å². The van der Waals surface area contributed by atoms with E-state index in [1.165, 1.54) is 0 Å². The molecule has 1 aromatic heterocycles. The fourth-order valence-electron chi connectivity index (χ4n) is 1.19. The maximum absolute atomic E-state index is 13.1. The number of nitrogens with zero attached hydrogens (tertiary/aromatic N) is 1. The summed E-state index contributed by atoms with van der Waals surface area (Å²) >= 11 is 0. The molecule has 1 N–H and O–H groups in total. The van der Waals surface area contributed by atoms with Crippen LogP contribution in [0.2, 0.25) is 0 Å². The lowest BCUT2D eigenvalue weighted by Gasteiger charge is -2.14. The zero-order valence-corrected chi connectivity index (χ0v) is 9.14. The Labute approximate surface area is 105 Å². The van der Waals surface area contributed by atoms with Crippen molar-refractivity contribution >= 4 is 5.97 Å². The first kappa shape index (κ1) is 16.0. The van der Waals surface area contributed by atoms with E-state index in [2.05, 4.69) is 9.72 Å². The molecule has 0 aliphatic heterocycles. The summed E-state index contributed by atoms with van der Waals surface area (Å²) in [5, 5.41) is 8.40. The minimum atomic E-state index is -5.33. The molecule has 0 amide bonds. The molecule has 0 radical (unpaired) electrons. The van der Waals surface area contributed by atoms with Gasteiger partial charge >= 0.3 is 18.5 Å². The molecule has 1 aromatic rings. The molecule has 20 heavy (non-hydrogen) atoms. The van der Waals surface area contributed by atoms with Crippen LogP contribution >= 0.6 is 0 Å². The largest absolute Gasteiger partial charge is 0.573 e. The second kappa shape index (κ2) is 5.13. The van der Waals surface area contributed by atoms with Crippen molar-refractivity contribution in [1.29, 1.82) is 0 Å². The van der Waals surface area contributed by atoms with E-state index in [1.807, 2.05) is 0 Å². The summed E-state index contributed by atoms with van der Waals surface area (Å²) in [7, 11) is 0. The molecular weight excluding hydrogens is 303 g/mol. The number of hydrogen-bond acceptors (Lipinski definition) is 3. The lowest BCUT2D eigenvalue weighted by molar-refractivity contribution is -0.275. The van der Waals surface area contributed by atoms with Gasteiger partial charge in [-0.1, -0.05) is 0 Å². The van der Waals surface area contributed by atoms with Gasteiger partial charge in [0.25, 0.3) is 0 Å². The summed E-state index contributed by atoms with van der Waals surface area (Å²) < 4.78 is 89.2. The van der Waals surface area contributed by atoms with E-state index in [0.29, 0.717) is 0 Å². The predicted molar refractivity (Wildman–Crippen MR) is 47.2 cm³/mol. The molecule has 0 aliphatic carbocycles. The fraction of sp³-hybridized carbons (Fsp3) is 0.333. The Morgan fingerprint density at radius 3 is 2.20 bits per heavy atom. The van der Waals surface area contributed by atoms with Gasteiger partial charge in [0.05, 0.1) is 12.1 Å². The van der Waals surface area contributed by atoms with E-state index in [9.17, 15) is 35.5 Å². The number of carbonyl (C=O) groups is 1. The van der Waals surface area contributed by atoms with Crippen LogP contribution in [0.5, 0.6) is 5.75 Å². The molecule has 0 saturated heterocycles. The lowest BCUT2D eigenvalue weighted by atomic mass is 10.2. The number of halogens is 7. The number of ether oxygens (including phenoxy) is 1. The first-order valence-electron chi connectivity index (χ1n) is 4.64. The van der Waals surface area contributed by atoms with Crippen LogP contribution in [0.1, 0.15) is 11.4 Å². The molecular formula is C9H4F7NO3. The highest BCUT2D eigenvalue weighted by molar-refractivity contribution is 5.70. The maximum atomic E-state index is 13.1. The molecule has 0 bridgehead atoms. The van der Waals surface area contributed by atoms with E-state index in [0.717, 1.165) is 0 Å². The highest BCUT2D eigenvalue weighted by Crippen LogP contribution is 2.34. The van der Waals surface area contributed by atoms with Gasteiger partial charge in [0, 0.05) is 6.07 Å². The monoisotopic (exact) mass is 307 g/mol. The van der Waals surface area contributed by atoms with Crippen LogP contribution in [0.4, 0.5) is 30.7 Å². The summed E-state index contributed by atoms with van der Waals surface area (Å²) in [6.07, 6.45) is -11.9. The van der Waals surface area contributed by atoms with Gasteiger partial charge in [-0.15, -0.1) is 13.2 Å². The van der Waals surface area contributed by atoms with Gasteiger partial charge in [0.15, 0.2) is 17.3 Å². The standard InChI is InChI=1S/C9H4F7NO3/c10-3-1-5(20-9(14,15)16)4(2-6(18)19)17-7(3)8(11,12)13/h1H,2H2,(H,18,19). The van der Waals surface area contributed by atoms with Crippen LogP contribution in [0, 0.1) is 5.82 Å². The van der Waals surface area contributed by atoms with Gasteiger partial charge in [0.1, 0.15) is 0 Å². The van der Waals surface area contributed by atoms with Crippen molar-refractivity contribution in [3.8, 4) is 5.75 Å². The Morgan fingerprint density at radius 1 is 1.25 bits per heavy atom. The number of aliphatic carboxylic acids is 1. The summed E-state index contributed by atoms with van der Waals surface area (Å²) in [6.45, 7) is 0. The van der Waals surface area contributed by atoms with E-state index in [-0.39, 0.29) is 6.07 Å². The predicted octanol–water partition coefficient (Wildman–Crippen LogP) is 2.77. The number of rotatable bonds is 3. The number of carboxylic acids is 1.